The molecule has 1 aromatic carbocycles. The van der Waals surface area contributed by atoms with E-state index in [2.05, 4.69) is 39.1 Å². The van der Waals surface area contributed by atoms with Gasteiger partial charge in [0.05, 0.1) is 19.3 Å². The van der Waals surface area contributed by atoms with Gasteiger partial charge >= 0.3 is 0 Å². The summed E-state index contributed by atoms with van der Waals surface area (Å²) < 4.78 is 24.3. The predicted molar refractivity (Wildman–Crippen MR) is 111 cm³/mol. The van der Waals surface area contributed by atoms with Crippen molar-refractivity contribution in [3.63, 3.8) is 0 Å². The quantitative estimate of drug-likeness (QED) is 0.591. The van der Waals surface area contributed by atoms with Gasteiger partial charge in [-0.05, 0) is 23.6 Å². The summed E-state index contributed by atoms with van der Waals surface area (Å²) in [5.74, 6) is 1.96. The van der Waals surface area contributed by atoms with Crippen LogP contribution >= 0.6 is 0 Å². The third kappa shape index (κ3) is 5.47. The first kappa shape index (κ1) is 21.1. The van der Waals surface area contributed by atoms with E-state index in [0.29, 0.717) is 12.5 Å². The van der Waals surface area contributed by atoms with Crippen molar-refractivity contribution in [2.75, 3.05) is 40.3 Å². The van der Waals surface area contributed by atoms with E-state index in [1.165, 1.54) is 7.11 Å². The molecular formula is C21H30FN5O2. The van der Waals surface area contributed by atoms with Gasteiger partial charge < -0.3 is 19.5 Å². The normalized spacial score (nSPS) is 15.8. The smallest absolute Gasteiger partial charge is 0.194 e. The van der Waals surface area contributed by atoms with Gasteiger partial charge in [-0.1, -0.05) is 25.1 Å². The minimum absolute atomic E-state index is 0.278. The topological polar surface area (TPSA) is 66.1 Å². The van der Waals surface area contributed by atoms with E-state index in [4.69, 9.17) is 9.26 Å². The number of nitrogens with zero attached hydrogens (tertiary/aromatic N) is 4. The number of aromatic nitrogens is 1. The van der Waals surface area contributed by atoms with E-state index in [1.807, 2.05) is 12.1 Å². The molecule has 0 atom stereocenters. The Bertz CT molecular complexity index is 828. The Kier molecular flexibility index (Phi) is 7.09. The molecule has 0 unspecified atom stereocenters. The average Bonchev–Trinajstić information content (AvgIpc) is 3.19. The lowest BCUT2D eigenvalue weighted by Gasteiger charge is -2.36. The van der Waals surface area contributed by atoms with Crippen LogP contribution < -0.4 is 10.1 Å². The van der Waals surface area contributed by atoms with Gasteiger partial charge in [-0.2, -0.15) is 0 Å². The zero-order chi connectivity index (χ0) is 20.8. The molecule has 0 bridgehead atoms. The Morgan fingerprint density at radius 1 is 1.28 bits per heavy atom. The Labute approximate surface area is 171 Å². The minimum atomic E-state index is -0.318. The largest absolute Gasteiger partial charge is 0.494 e. The fourth-order valence-corrected chi connectivity index (χ4v) is 3.37. The van der Waals surface area contributed by atoms with Crippen LogP contribution in [0.4, 0.5) is 4.39 Å². The van der Waals surface area contributed by atoms with Gasteiger partial charge in [0, 0.05) is 45.8 Å². The van der Waals surface area contributed by atoms with Gasteiger partial charge in [0.25, 0.3) is 0 Å². The fraction of sp³-hybridized carbons (Fsp3) is 0.524. The third-order valence-electron chi connectivity index (χ3n) is 5.10. The van der Waals surface area contributed by atoms with Crippen LogP contribution in [0.5, 0.6) is 5.75 Å². The summed E-state index contributed by atoms with van der Waals surface area (Å²) in [6.07, 6.45) is 0. The van der Waals surface area contributed by atoms with Crippen molar-refractivity contribution < 1.29 is 13.7 Å². The summed E-state index contributed by atoms with van der Waals surface area (Å²) in [7, 11) is 3.26. The van der Waals surface area contributed by atoms with Crippen molar-refractivity contribution in [2.24, 2.45) is 4.99 Å². The summed E-state index contributed by atoms with van der Waals surface area (Å²) in [4.78, 5) is 8.94. The average molecular weight is 404 g/mol. The maximum Gasteiger partial charge on any atom is 0.194 e. The van der Waals surface area contributed by atoms with Crippen LogP contribution in [0.15, 0.2) is 33.8 Å². The van der Waals surface area contributed by atoms with Gasteiger partial charge in [0.1, 0.15) is 0 Å². The number of rotatable bonds is 6. The molecule has 1 N–H and O–H groups in total. The number of aliphatic imine (C=N–C) groups is 1. The molecule has 1 aromatic heterocycles. The SMILES string of the molecule is CN=C(NCc1cc(C(C)C)no1)N1CCN(Cc2ccc(OC)c(F)c2)CC1. The molecule has 0 spiro atoms. The highest BCUT2D eigenvalue weighted by Crippen LogP contribution is 2.19. The van der Waals surface area contributed by atoms with E-state index in [0.717, 1.165) is 55.7 Å². The lowest BCUT2D eigenvalue weighted by Crippen LogP contribution is -2.52. The zero-order valence-electron chi connectivity index (χ0n) is 17.6. The van der Waals surface area contributed by atoms with Crippen LogP contribution in [-0.2, 0) is 13.1 Å². The van der Waals surface area contributed by atoms with Crippen molar-refractivity contribution >= 4 is 5.96 Å². The lowest BCUT2D eigenvalue weighted by molar-refractivity contribution is 0.172. The number of guanidine groups is 1. The molecule has 8 heteroatoms. The second-order valence-corrected chi connectivity index (χ2v) is 7.51. The lowest BCUT2D eigenvalue weighted by atomic mass is 10.1. The van der Waals surface area contributed by atoms with Crippen LogP contribution in [0.25, 0.3) is 0 Å². The zero-order valence-corrected chi connectivity index (χ0v) is 17.6. The summed E-state index contributed by atoms with van der Waals surface area (Å²) in [5.41, 5.74) is 1.91. The molecule has 1 saturated heterocycles. The van der Waals surface area contributed by atoms with Gasteiger partial charge in [0.15, 0.2) is 23.3 Å². The molecule has 2 aromatic rings. The highest BCUT2D eigenvalue weighted by atomic mass is 19.1. The van der Waals surface area contributed by atoms with Gasteiger partial charge in [-0.25, -0.2) is 4.39 Å². The number of methoxy groups -OCH3 is 1. The van der Waals surface area contributed by atoms with Crippen LogP contribution in [0.2, 0.25) is 0 Å². The fourth-order valence-electron chi connectivity index (χ4n) is 3.37. The highest BCUT2D eigenvalue weighted by molar-refractivity contribution is 5.79. The number of hydrogen-bond acceptors (Lipinski definition) is 5. The molecule has 0 amide bonds. The first-order valence-corrected chi connectivity index (χ1v) is 9.96. The summed E-state index contributed by atoms with van der Waals surface area (Å²) >= 11 is 0. The standard InChI is InChI=1S/C21H30FN5O2/c1-15(2)19-12-17(29-25-19)13-24-21(23-3)27-9-7-26(8-10-27)14-16-5-6-20(28-4)18(22)11-16/h5-6,11-12,15H,7-10,13-14H2,1-4H3,(H,23,24). The van der Waals surface area contributed by atoms with Crippen molar-refractivity contribution in [1.82, 2.24) is 20.3 Å². The van der Waals surface area contributed by atoms with Crippen molar-refractivity contribution in [3.05, 3.63) is 47.1 Å². The van der Waals surface area contributed by atoms with Gasteiger partial charge in [-0.3, -0.25) is 9.89 Å². The number of hydrogen-bond donors (Lipinski definition) is 1. The van der Waals surface area contributed by atoms with Gasteiger partial charge in [-0.15, -0.1) is 0 Å². The van der Waals surface area contributed by atoms with Gasteiger partial charge in [0.2, 0.25) is 0 Å². The molecule has 0 aliphatic carbocycles. The monoisotopic (exact) mass is 403 g/mol. The Morgan fingerprint density at radius 3 is 2.62 bits per heavy atom. The maximum absolute atomic E-state index is 13.9. The Morgan fingerprint density at radius 2 is 2.03 bits per heavy atom. The van der Waals surface area contributed by atoms with Crippen molar-refractivity contribution in [1.29, 1.82) is 0 Å². The number of halogens is 1. The number of benzene rings is 1. The van der Waals surface area contributed by atoms with E-state index in [9.17, 15) is 4.39 Å². The molecule has 1 aliphatic rings. The third-order valence-corrected chi connectivity index (χ3v) is 5.10. The molecule has 2 heterocycles. The van der Waals surface area contributed by atoms with Crippen molar-refractivity contribution in [2.45, 2.75) is 32.9 Å². The van der Waals surface area contributed by atoms with Crippen LogP contribution in [0.3, 0.4) is 0 Å². The molecular weight excluding hydrogens is 373 g/mol. The number of nitrogens with one attached hydrogen (secondary N) is 1. The molecule has 158 valence electrons. The second-order valence-electron chi connectivity index (χ2n) is 7.51. The summed E-state index contributed by atoms with van der Waals surface area (Å²) in [5, 5.41) is 7.44. The number of piperazine rings is 1. The minimum Gasteiger partial charge on any atom is -0.494 e. The Hall–Kier alpha value is -2.61. The van der Waals surface area contributed by atoms with E-state index in [-0.39, 0.29) is 11.6 Å². The summed E-state index contributed by atoms with van der Waals surface area (Å²) in [6, 6.07) is 7.13. The van der Waals surface area contributed by atoms with E-state index in [1.54, 1.807) is 19.2 Å². The molecule has 0 radical (unpaired) electrons. The molecule has 3 rings (SSSR count). The first-order chi connectivity index (χ1) is 14.0. The molecule has 1 fully saturated rings. The number of ether oxygens (including phenoxy) is 1. The highest BCUT2D eigenvalue weighted by Gasteiger charge is 2.20. The van der Waals surface area contributed by atoms with E-state index >= 15 is 0 Å². The maximum atomic E-state index is 13.9. The molecule has 29 heavy (non-hydrogen) atoms. The van der Waals surface area contributed by atoms with Crippen LogP contribution in [0.1, 0.15) is 36.8 Å². The molecule has 1 aliphatic heterocycles. The van der Waals surface area contributed by atoms with Crippen LogP contribution in [-0.4, -0.2) is 61.3 Å². The molecule has 0 saturated carbocycles. The second kappa shape index (κ2) is 9.73. The first-order valence-electron chi connectivity index (χ1n) is 9.96. The summed E-state index contributed by atoms with van der Waals surface area (Å²) in [6.45, 7) is 8.93. The van der Waals surface area contributed by atoms with Crippen LogP contribution in [0, 0.1) is 5.82 Å². The predicted octanol–water partition coefficient (Wildman–Crippen LogP) is 2.84. The molecule has 7 nitrogen and oxygen atoms in total. The van der Waals surface area contributed by atoms with E-state index < -0.39 is 0 Å². The van der Waals surface area contributed by atoms with Crippen molar-refractivity contribution in [3.8, 4) is 5.75 Å². The Balaban J connectivity index is 1.48.